The van der Waals surface area contributed by atoms with Crippen molar-refractivity contribution in [1.29, 1.82) is 0 Å². The molecule has 4 aromatic rings. The number of nitrogens with zero attached hydrogens (tertiary/aromatic N) is 4. The maximum atomic E-state index is 12.0. The van der Waals surface area contributed by atoms with Gasteiger partial charge in [-0.2, -0.15) is 0 Å². The number of carbonyl (C=O) groups excluding carboxylic acids is 1. The first-order valence-corrected chi connectivity index (χ1v) is 16.8. The van der Waals surface area contributed by atoms with Gasteiger partial charge in [0.05, 0.1) is 41.2 Å². The molecule has 2 aliphatic heterocycles. The van der Waals surface area contributed by atoms with Crippen molar-refractivity contribution in [3.8, 4) is 45.3 Å². The molecule has 11 nitrogen and oxygen atoms in total. The Morgan fingerprint density at radius 2 is 1.94 bits per heavy atom. The zero-order valence-corrected chi connectivity index (χ0v) is 28.7. The quantitative estimate of drug-likeness (QED) is 0.178. The van der Waals surface area contributed by atoms with Crippen LogP contribution in [-0.2, 0) is 17.9 Å². The maximum absolute atomic E-state index is 12.0. The molecule has 13 heteroatoms. The van der Waals surface area contributed by atoms with Gasteiger partial charge in [0, 0.05) is 78.2 Å². The molecule has 0 radical (unpaired) electrons. The van der Waals surface area contributed by atoms with Crippen molar-refractivity contribution in [2.75, 3.05) is 33.4 Å². The van der Waals surface area contributed by atoms with Crippen LogP contribution in [0.15, 0.2) is 60.8 Å². The molecule has 4 heterocycles. The van der Waals surface area contributed by atoms with E-state index in [2.05, 4.69) is 15.2 Å². The first kappa shape index (κ1) is 34.4. The van der Waals surface area contributed by atoms with Gasteiger partial charge in [-0.1, -0.05) is 53.5 Å². The van der Waals surface area contributed by atoms with Crippen LogP contribution in [0.5, 0.6) is 11.6 Å². The molecule has 0 bridgehead atoms. The minimum absolute atomic E-state index is 0.0369. The van der Waals surface area contributed by atoms with E-state index in [0.29, 0.717) is 82.8 Å². The molecule has 2 unspecified atom stereocenters. The van der Waals surface area contributed by atoms with E-state index in [1.807, 2.05) is 42.5 Å². The summed E-state index contributed by atoms with van der Waals surface area (Å²) in [6.07, 6.45) is 1.13. The average Bonchev–Trinajstić information content (AvgIpc) is 3.38. The van der Waals surface area contributed by atoms with Crippen molar-refractivity contribution in [3.63, 3.8) is 0 Å². The van der Waals surface area contributed by atoms with Crippen molar-refractivity contribution < 1.29 is 29.3 Å². The second kappa shape index (κ2) is 15.0. The highest BCUT2D eigenvalue weighted by atomic mass is 35.5. The smallest absolute Gasteiger partial charge is 0.407 e. The summed E-state index contributed by atoms with van der Waals surface area (Å²) in [6, 6.07) is 16.6. The molecule has 2 aromatic carbocycles. The van der Waals surface area contributed by atoms with Crippen LogP contribution in [0.2, 0.25) is 10.0 Å². The molecule has 1 saturated heterocycles. The van der Waals surface area contributed by atoms with E-state index in [1.54, 1.807) is 25.3 Å². The lowest BCUT2D eigenvalue weighted by molar-refractivity contribution is -0.119. The Morgan fingerprint density at radius 1 is 1.14 bits per heavy atom. The number of pyridine rings is 2. The number of aromatic nitrogens is 2. The van der Waals surface area contributed by atoms with Gasteiger partial charge in [-0.3, -0.25) is 14.7 Å². The third-order valence-electron chi connectivity index (χ3n) is 8.67. The van der Waals surface area contributed by atoms with Crippen molar-refractivity contribution in [2.45, 2.75) is 45.0 Å². The summed E-state index contributed by atoms with van der Waals surface area (Å²) < 4.78 is 11.7. The van der Waals surface area contributed by atoms with E-state index in [0.717, 1.165) is 16.9 Å². The molecule has 2 atom stereocenters. The van der Waals surface area contributed by atoms with E-state index in [-0.39, 0.29) is 30.9 Å². The van der Waals surface area contributed by atoms with Gasteiger partial charge in [-0.15, -0.1) is 0 Å². The molecule has 6 rings (SSSR count). The lowest BCUT2D eigenvalue weighted by Gasteiger charge is -2.23. The van der Waals surface area contributed by atoms with Crippen LogP contribution in [0.25, 0.3) is 33.6 Å². The first-order valence-electron chi connectivity index (χ1n) is 16.0. The van der Waals surface area contributed by atoms with E-state index >= 15 is 0 Å². The Bertz CT molecular complexity index is 1870. The molecule has 2 aliphatic rings. The number of hydrogen-bond donors (Lipinski definition) is 3. The zero-order valence-electron chi connectivity index (χ0n) is 27.2. The number of carbonyl (C=O) groups is 2. The van der Waals surface area contributed by atoms with E-state index < -0.39 is 12.2 Å². The number of rotatable bonds is 10. The Labute approximate surface area is 294 Å². The van der Waals surface area contributed by atoms with Crippen LogP contribution in [0, 0.1) is 0 Å². The van der Waals surface area contributed by atoms with Crippen LogP contribution in [0.3, 0.4) is 0 Å². The van der Waals surface area contributed by atoms with Gasteiger partial charge in [-0.25, -0.2) is 9.78 Å². The van der Waals surface area contributed by atoms with Crippen LogP contribution in [0.4, 0.5) is 4.79 Å². The Balaban J connectivity index is 1.27. The SMILES string of the molecule is COc1nc(-c2cccc(-c3ccnc(-c4ccc5c(c4)OCCN(CC(C)O)C5)c3Cl)c2Cl)ccc1CN(CC1CCC(=O)N1)C(=O)O. The maximum Gasteiger partial charge on any atom is 0.407 e. The number of aliphatic hydroxyl groups excluding tert-OH is 1. The third kappa shape index (κ3) is 7.75. The highest BCUT2D eigenvalue weighted by Crippen LogP contribution is 2.42. The fourth-order valence-corrected chi connectivity index (χ4v) is 6.95. The molecule has 3 N–H and O–H groups in total. The number of carboxylic acid groups (broad SMARTS) is 1. The Morgan fingerprint density at radius 3 is 2.67 bits per heavy atom. The Hall–Kier alpha value is -4.42. The number of methoxy groups -OCH3 is 1. The average molecular weight is 707 g/mol. The highest BCUT2D eigenvalue weighted by Gasteiger charge is 2.27. The molecule has 2 aromatic heterocycles. The molecule has 256 valence electrons. The molecular formula is C36H37Cl2N5O6. The topological polar surface area (TPSA) is 137 Å². The largest absolute Gasteiger partial charge is 0.492 e. The molecular weight excluding hydrogens is 669 g/mol. The van der Waals surface area contributed by atoms with Crippen molar-refractivity contribution in [1.82, 2.24) is 25.1 Å². The lowest BCUT2D eigenvalue weighted by Crippen LogP contribution is -2.41. The van der Waals surface area contributed by atoms with Gasteiger partial charge in [0.2, 0.25) is 11.8 Å². The van der Waals surface area contributed by atoms with Crippen molar-refractivity contribution in [2.24, 2.45) is 0 Å². The number of ether oxygens (including phenoxy) is 2. The molecule has 0 spiro atoms. The molecule has 0 saturated carbocycles. The monoisotopic (exact) mass is 705 g/mol. The summed E-state index contributed by atoms with van der Waals surface area (Å²) in [6.45, 7) is 4.43. The first-order chi connectivity index (χ1) is 23.6. The van der Waals surface area contributed by atoms with E-state index in [1.165, 1.54) is 12.0 Å². The summed E-state index contributed by atoms with van der Waals surface area (Å²) in [7, 11) is 1.48. The number of halogens is 2. The van der Waals surface area contributed by atoms with Gasteiger partial charge in [-0.05, 0) is 37.6 Å². The van der Waals surface area contributed by atoms with E-state index in [4.69, 9.17) is 37.7 Å². The number of hydrogen-bond acceptors (Lipinski definition) is 8. The van der Waals surface area contributed by atoms with Crippen LogP contribution >= 0.6 is 23.2 Å². The standard InChI is InChI=1S/C36H37Cl2N5O6/c1-21(44)17-42-14-15-49-30-16-22(6-7-23(30)18-42)34-33(38)27(12-13-39-34)26-4-3-5-28(32(26)37)29-10-8-24(35(41-29)48-2)19-43(36(46)47)20-25-9-11-31(45)40-25/h3-8,10,12-13,16,21,25,44H,9,11,14-15,17-20H2,1-2H3,(H,40,45)(H,46,47). The van der Waals surface area contributed by atoms with Crippen molar-refractivity contribution in [3.05, 3.63) is 82.0 Å². The predicted octanol–water partition coefficient (Wildman–Crippen LogP) is 6.13. The lowest BCUT2D eigenvalue weighted by atomic mass is 9.99. The second-order valence-corrected chi connectivity index (χ2v) is 13.0. The Kier molecular flexibility index (Phi) is 10.5. The number of β-amino-alcohol motifs (C(OH)–C–C–N with tert-alkyl or cyclic N) is 1. The number of benzene rings is 2. The molecule has 2 amide bonds. The summed E-state index contributed by atoms with van der Waals surface area (Å²) >= 11 is 14.1. The summed E-state index contributed by atoms with van der Waals surface area (Å²) in [4.78, 5) is 36.4. The van der Waals surface area contributed by atoms with Gasteiger partial charge in [0.1, 0.15) is 12.4 Å². The number of fused-ring (bicyclic) bond motifs is 1. The third-order valence-corrected chi connectivity index (χ3v) is 9.46. The molecule has 1 fully saturated rings. The van der Waals surface area contributed by atoms with Crippen molar-refractivity contribution >= 4 is 35.2 Å². The molecule has 0 aliphatic carbocycles. The molecule has 49 heavy (non-hydrogen) atoms. The zero-order chi connectivity index (χ0) is 34.7. The minimum Gasteiger partial charge on any atom is -0.492 e. The van der Waals surface area contributed by atoms with Gasteiger partial charge >= 0.3 is 6.09 Å². The highest BCUT2D eigenvalue weighted by molar-refractivity contribution is 6.39. The minimum atomic E-state index is -1.10. The van der Waals surface area contributed by atoms with E-state index in [9.17, 15) is 19.8 Å². The van der Waals surface area contributed by atoms with Gasteiger partial charge in [0.15, 0.2) is 0 Å². The van der Waals surface area contributed by atoms with Crippen LogP contribution in [0.1, 0.15) is 30.9 Å². The fourth-order valence-electron chi connectivity index (χ4n) is 6.30. The number of aliphatic hydroxyl groups is 1. The number of amides is 2. The second-order valence-electron chi connectivity index (χ2n) is 12.3. The summed E-state index contributed by atoms with van der Waals surface area (Å²) in [5.74, 6) is 0.950. The summed E-state index contributed by atoms with van der Waals surface area (Å²) in [5.41, 5.74) is 5.54. The van der Waals surface area contributed by atoms with Crippen LogP contribution in [-0.4, -0.2) is 87.5 Å². The predicted molar refractivity (Wildman–Crippen MR) is 187 cm³/mol. The normalized spacial score (nSPS) is 16.7. The van der Waals surface area contributed by atoms with Gasteiger partial charge < -0.3 is 29.9 Å². The summed E-state index contributed by atoms with van der Waals surface area (Å²) in [5, 5.41) is 23.4. The van der Waals surface area contributed by atoms with Crippen LogP contribution < -0.4 is 14.8 Å². The van der Waals surface area contributed by atoms with Gasteiger partial charge in [0.25, 0.3) is 0 Å². The fraction of sp³-hybridized carbons (Fsp3) is 0.333. The number of nitrogens with one attached hydrogen (secondary N) is 1.